The van der Waals surface area contributed by atoms with E-state index in [0.29, 0.717) is 11.0 Å². The molecule has 0 radical (unpaired) electrons. The summed E-state index contributed by atoms with van der Waals surface area (Å²) in [6.07, 6.45) is -1.53. The molecule has 108 valence electrons. The number of aryl methyl sites for hydroxylation is 1. The SMILES string of the molecule is Cn1ncc2c(Oc3ccc(C(F)(F)F)cc3)ncnc21. The van der Waals surface area contributed by atoms with Crippen molar-refractivity contribution in [2.24, 2.45) is 7.05 Å². The molecule has 0 saturated heterocycles. The lowest BCUT2D eigenvalue weighted by Gasteiger charge is -2.08. The summed E-state index contributed by atoms with van der Waals surface area (Å²) in [4.78, 5) is 8.03. The molecule has 5 nitrogen and oxygen atoms in total. The Labute approximate surface area is 117 Å². The lowest BCUT2D eigenvalue weighted by atomic mass is 10.2. The standard InChI is InChI=1S/C13H9F3N4O/c1-20-11-10(6-19-20)12(18-7-17-11)21-9-4-2-8(3-5-9)13(14,15)16/h2-7H,1H3. The van der Waals surface area contributed by atoms with Gasteiger partial charge in [-0.05, 0) is 24.3 Å². The molecule has 0 aliphatic rings. The Morgan fingerprint density at radius 1 is 1.10 bits per heavy atom. The van der Waals surface area contributed by atoms with E-state index in [4.69, 9.17) is 4.74 Å². The molecule has 0 saturated carbocycles. The van der Waals surface area contributed by atoms with Crippen LogP contribution in [0.15, 0.2) is 36.8 Å². The first-order valence-electron chi connectivity index (χ1n) is 5.93. The van der Waals surface area contributed by atoms with Crippen LogP contribution in [-0.4, -0.2) is 19.7 Å². The van der Waals surface area contributed by atoms with Gasteiger partial charge in [-0.15, -0.1) is 0 Å². The number of hydrogen-bond donors (Lipinski definition) is 0. The summed E-state index contributed by atoms with van der Waals surface area (Å²) in [5, 5.41) is 4.61. The molecule has 0 bridgehead atoms. The van der Waals surface area contributed by atoms with Gasteiger partial charge in [-0.3, -0.25) is 4.68 Å². The van der Waals surface area contributed by atoms with E-state index in [-0.39, 0.29) is 11.6 Å². The minimum absolute atomic E-state index is 0.243. The molecule has 3 rings (SSSR count). The van der Waals surface area contributed by atoms with Gasteiger partial charge in [-0.1, -0.05) is 0 Å². The molecule has 0 aliphatic heterocycles. The monoisotopic (exact) mass is 294 g/mol. The van der Waals surface area contributed by atoms with E-state index in [2.05, 4.69) is 15.1 Å². The van der Waals surface area contributed by atoms with Crippen LogP contribution in [0.1, 0.15) is 5.56 Å². The van der Waals surface area contributed by atoms with Gasteiger partial charge in [-0.25, -0.2) is 9.97 Å². The molecule has 0 aliphatic carbocycles. The van der Waals surface area contributed by atoms with Gasteiger partial charge in [0.15, 0.2) is 5.65 Å². The average molecular weight is 294 g/mol. The van der Waals surface area contributed by atoms with Gasteiger partial charge in [0.25, 0.3) is 0 Å². The van der Waals surface area contributed by atoms with Crippen LogP contribution in [0.4, 0.5) is 13.2 Å². The Kier molecular flexibility index (Phi) is 3.00. The lowest BCUT2D eigenvalue weighted by Crippen LogP contribution is -2.04. The predicted molar refractivity (Wildman–Crippen MR) is 67.8 cm³/mol. The van der Waals surface area contributed by atoms with Gasteiger partial charge in [0, 0.05) is 7.05 Å². The fourth-order valence-corrected chi connectivity index (χ4v) is 1.85. The Morgan fingerprint density at radius 2 is 1.81 bits per heavy atom. The molecule has 0 unspecified atom stereocenters. The van der Waals surface area contributed by atoms with Gasteiger partial charge in [0.1, 0.15) is 17.5 Å². The maximum Gasteiger partial charge on any atom is 0.416 e. The van der Waals surface area contributed by atoms with Crippen molar-refractivity contribution in [3.63, 3.8) is 0 Å². The summed E-state index contributed by atoms with van der Waals surface area (Å²) >= 11 is 0. The highest BCUT2D eigenvalue weighted by molar-refractivity contribution is 5.79. The minimum Gasteiger partial charge on any atom is -0.438 e. The molecule has 21 heavy (non-hydrogen) atoms. The highest BCUT2D eigenvalue weighted by atomic mass is 19.4. The molecular formula is C13H9F3N4O. The van der Waals surface area contributed by atoms with E-state index in [1.165, 1.54) is 24.7 Å². The van der Waals surface area contributed by atoms with E-state index in [0.717, 1.165) is 12.1 Å². The number of ether oxygens (including phenoxy) is 1. The van der Waals surface area contributed by atoms with E-state index >= 15 is 0 Å². The van der Waals surface area contributed by atoms with Crippen molar-refractivity contribution in [3.05, 3.63) is 42.4 Å². The number of fused-ring (bicyclic) bond motifs is 1. The van der Waals surface area contributed by atoms with Gasteiger partial charge >= 0.3 is 6.18 Å². The average Bonchev–Trinajstić information content (AvgIpc) is 2.82. The number of nitrogens with zero attached hydrogens (tertiary/aromatic N) is 4. The van der Waals surface area contributed by atoms with E-state index in [9.17, 15) is 13.2 Å². The number of benzene rings is 1. The Morgan fingerprint density at radius 3 is 2.48 bits per heavy atom. The third-order valence-corrected chi connectivity index (χ3v) is 2.89. The topological polar surface area (TPSA) is 52.8 Å². The zero-order valence-corrected chi connectivity index (χ0v) is 10.8. The maximum absolute atomic E-state index is 12.5. The molecule has 8 heteroatoms. The van der Waals surface area contributed by atoms with Gasteiger partial charge < -0.3 is 4.74 Å². The minimum atomic E-state index is -4.37. The third kappa shape index (κ3) is 2.51. The second kappa shape index (κ2) is 4.72. The van der Waals surface area contributed by atoms with Crippen molar-refractivity contribution in [2.75, 3.05) is 0 Å². The van der Waals surface area contributed by atoms with Crippen molar-refractivity contribution >= 4 is 11.0 Å². The van der Waals surface area contributed by atoms with Crippen molar-refractivity contribution in [2.45, 2.75) is 6.18 Å². The van der Waals surface area contributed by atoms with E-state index in [1.54, 1.807) is 11.7 Å². The molecule has 3 aromatic rings. The largest absolute Gasteiger partial charge is 0.438 e. The zero-order valence-electron chi connectivity index (χ0n) is 10.8. The summed E-state index contributed by atoms with van der Waals surface area (Å²) in [5.41, 5.74) is -0.157. The fourth-order valence-electron chi connectivity index (χ4n) is 1.85. The zero-order chi connectivity index (χ0) is 15.0. The molecule has 0 spiro atoms. The van der Waals surface area contributed by atoms with Crippen LogP contribution in [0.3, 0.4) is 0 Å². The summed E-state index contributed by atoms with van der Waals surface area (Å²) in [6.45, 7) is 0. The van der Waals surface area contributed by atoms with Crippen molar-refractivity contribution in [1.82, 2.24) is 19.7 Å². The summed E-state index contributed by atoms with van der Waals surface area (Å²) in [5.74, 6) is 0.500. The normalized spacial score (nSPS) is 11.8. The second-order valence-electron chi connectivity index (χ2n) is 4.31. The van der Waals surface area contributed by atoms with Crippen LogP contribution in [0.5, 0.6) is 11.6 Å². The number of alkyl halides is 3. The first-order chi connectivity index (χ1) is 9.95. The number of rotatable bonds is 2. The quantitative estimate of drug-likeness (QED) is 0.728. The first-order valence-corrected chi connectivity index (χ1v) is 5.93. The van der Waals surface area contributed by atoms with E-state index < -0.39 is 11.7 Å². The third-order valence-electron chi connectivity index (χ3n) is 2.89. The predicted octanol–water partition coefficient (Wildman–Crippen LogP) is 3.17. The molecule has 2 heterocycles. The van der Waals surface area contributed by atoms with E-state index in [1.807, 2.05) is 0 Å². The summed E-state index contributed by atoms with van der Waals surface area (Å²) in [7, 11) is 1.72. The summed E-state index contributed by atoms with van der Waals surface area (Å²) < 4.78 is 44.5. The van der Waals surface area contributed by atoms with Crippen molar-refractivity contribution < 1.29 is 17.9 Å². The van der Waals surface area contributed by atoms with Gasteiger partial charge in [0.05, 0.1) is 11.8 Å². The molecule has 2 aromatic heterocycles. The van der Waals surface area contributed by atoms with Crippen LogP contribution in [0.2, 0.25) is 0 Å². The van der Waals surface area contributed by atoms with Crippen LogP contribution < -0.4 is 4.74 Å². The summed E-state index contributed by atoms with van der Waals surface area (Å²) in [6, 6.07) is 4.40. The van der Waals surface area contributed by atoms with Gasteiger partial charge in [0.2, 0.25) is 5.88 Å². The first kappa shape index (κ1) is 13.3. The Balaban J connectivity index is 1.92. The number of hydrogen-bond acceptors (Lipinski definition) is 4. The fraction of sp³-hybridized carbons (Fsp3) is 0.154. The maximum atomic E-state index is 12.5. The molecule has 0 amide bonds. The number of aromatic nitrogens is 4. The van der Waals surface area contributed by atoms with Crippen LogP contribution >= 0.6 is 0 Å². The number of halogens is 3. The Bertz CT molecular complexity index is 780. The van der Waals surface area contributed by atoms with Gasteiger partial charge in [-0.2, -0.15) is 18.3 Å². The lowest BCUT2D eigenvalue weighted by molar-refractivity contribution is -0.137. The highest BCUT2D eigenvalue weighted by Gasteiger charge is 2.30. The molecule has 1 aromatic carbocycles. The molecule has 0 atom stereocenters. The van der Waals surface area contributed by atoms with Crippen molar-refractivity contribution in [1.29, 1.82) is 0 Å². The molecular weight excluding hydrogens is 285 g/mol. The van der Waals surface area contributed by atoms with Crippen LogP contribution in [0.25, 0.3) is 11.0 Å². The Hall–Kier alpha value is -2.64. The van der Waals surface area contributed by atoms with Crippen molar-refractivity contribution in [3.8, 4) is 11.6 Å². The molecule has 0 N–H and O–H groups in total. The van der Waals surface area contributed by atoms with Crippen LogP contribution in [0, 0.1) is 0 Å². The van der Waals surface area contributed by atoms with Crippen LogP contribution in [-0.2, 0) is 13.2 Å². The highest BCUT2D eigenvalue weighted by Crippen LogP contribution is 2.32. The smallest absolute Gasteiger partial charge is 0.416 e. The second-order valence-corrected chi connectivity index (χ2v) is 4.31. The molecule has 0 fully saturated rings.